The van der Waals surface area contributed by atoms with Crippen LogP contribution in [-0.2, 0) is 152 Å². The maximum Gasteiger partial charge on any atom is 0.0405 e. The van der Waals surface area contributed by atoms with Crippen molar-refractivity contribution < 1.29 is 157 Å². The van der Waals surface area contributed by atoms with Gasteiger partial charge in [0.15, 0.2) is 0 Å². The van der Waals surface area contributed by atoms with Crippen LogP contribution in [0.1, 0.15) is 5.56 Å². The molecule has 0 fully saturated rings. The van der Waals surface area contributed by atoms with Gasteiger partial charge in [0, 0.05) is 170 Å². The van der Waals surface area contributed by atoms with Gasteiger partial charge < -0.3 is 10.1 Å². The van der Waals surface area contributed by atoms with E-state index in [0.29, 0.717) is 11.3 Å². The van der Waals surface area contributed by atoms with Gasteiger partial charge in [0.05, 0.1) is 0 Å². The van der Waals surface area contributed by atoms with Gasteiger partial charge in [-0.25, -0.2) is 6.07 Å². The maximum atomic E-state index is 9.89. The predicted octanol–water partition coefficient (Wildman–Crippen LogP) is 5.34. The first-order valence-electron chi connectivity index (χ1n) is 8.51. The quantitative estimate of drug-likeness (QED) is 0.223. The van der Waals surface area contributed by atoms with Crippen LogP contribution in [0.25, 0.3) is 22.4 Å². The Balaban J connectivity index is 0. The zero-order valence-electron chi connectivity index (χ0n) is 17.1. The number of hydrogen-bond acceptors (Lipinski definition) is 3. The molecule has 3 nitrogen and oxygen atoms in total. The summed E-state index contributed by atoms with van der Waals surface area (Å²) in [7, 11) is 0. The molecule has 32 heavy (non-hydrogen) atoms. The van der Waals surface area contributed by atoms with Gasteiger partial charge in [-0.3, -0.25) is 4.98 Å². The van der Waals surface area contributed by atoms with Crippen LogP contribution in [0.5, 0.6) is 5.75 Å². The molecule has 0 aliphatic rings. The number of pyridine rings is 1. The third-order valence-electron chi connectivity index (χ3n) is 4.05. The molecule has 4 rings (SSSR count). The van der Waals surface area contributed by atoms with E-state index >= 15 is 0 Å². The van der Waals surface area contributed by atoms with Crippen molar-refractivity contribution in [2.75, 3.05) is 0 Å². The summed E-state index contributed by atoms with van der Waals surface area (Å²) in [5, 5.41) is 9.89. The van der Waals surface area contributed by atoms with Gasteiger partial charge in [0.2, 0.25) is 0 Å². The number of nitrogens with zero attached hydrogens (tertiary/aromatic N) is 2. The molecule has 0 amide bonds. The molecule has 0 atom stereocenters. The predicted molar refractivity (Wildman–Crippen MR) is 107 cm³/mol. The Morgan fingerprint density at radius 2 is 1.50 bits per heavy atom. The summed E-state index contributed by atoms with van der Waals surface area (Å²) in [6.45, 7) is 0. The van der Waals surface area contributed by atoms with Crippen molar-refractivity contribution in [3.05, 3.63) is 103 Å². The fourth-order valence-electron chi connectivity index (χ4n) is 2.72. The number of phenolic OH excluding ortho intramolecular Hbond substituents is 1. The largest absolute Gasteiger partial charge is 0.551 e. The minimum atomic E-state index is 0. The second-order valence-electron chi connectivity index (χ2n) is 5.87. The summed E-state index contributed by atoms with van der Waals surface area (Å²) in [6, 6.07) is 30.9. The smallest absolute Gasteiger partial charge is 0.0405 e. The molecule has 0 aliphatic carbocycles. The third kappa shape index (κ3) is 9.80. The zero-order chi connectivity index (χ0) is 18.5. The van der Waals surface area contributed by atoms with E-state index in [9.17, 15) is 5.11 Å². The van der Waals surface area contributed by atoms with Gasteiger partial charge in [-0.05, 0) is 12.3 Å². The van der Waals surface area contributed by atoms with Crippen molar-refractivity contribution in [1.82, 2.24) is 4.98 Å². The van der Waals surface area contributed by atoms with Crippen molar-refractivity contribution in [2.45, 2.75) is 0 Å². The monoisotopic (exact) mass is 898 g/mol. The number of para-hydroxylation sites is 2. The van der Waals surface area contributed by atoms with Gasteiger partial charge in [-0.2, -0.15) is 18.2 Å². The van der Waals surface area contributed by atoms with Crippen LogP contribution in [-0.4, -0.2) is 16.3 Å². The number of hydrogen-bond donors (Lipinski definition) is 1. The van der Waals surface area contributed by atoms with Gasteiger partial charge in [0.25, 0.3) is 0 Å². The number of aromatic nitrogens is 1. The molecule has 3 aromatic carbocycles. The first-order valence-corrected chi connectivity index (χ1v) is 8.51. The number of phenols is 1. The van der Waals surface area contributed by atoms with Gasteiger partial charge in [0.1, 0.15) is 0 Å². The summed E-state index contributed by atoms with van der Waals surface area (Å²) < 4.78 is 0. The number of aromatic hydroxyl groups is 1. The average Bonchev–Trinajstić information content (AvgIpc) is 2.74. The van der Waals surface area contributed by atoms with Crippen molar-refractivity contribution in [3.63, 3.8) is 0 Å². The molecule has 0 aliphatic heterocycles. The normalized spacial score (nSPS) is 9.25. The molecule has 0 spiro atoms. The third-order valence-corrected chi connectivity index (χ3v) is 4.05. The Morgan fingerprint density at radius 3 is 2.22 bits per heavy atom. The molecular formula is C24H15N2OPtY4-3. The van der Waals surface area contributed by atoms with Crippen LogP contribution in [0.15, 0.2) is 90.1 Å². The molecule has 152 valence electrons. The number of aliphatic imine (C=N–C) groups is 1. The van der Waals surface area contributed by atoms with Gasteiger partial charge >= 0.3 is 0 Å². The molecule has 4 aromatic rings. The Morgan fingerprint density at radius 1 is 0.781 bits per heavy atom. The zero-order valence-corrected chi connectivity index (χ0v) is 30.7. The minimum Gasteiger partial charge on any atom is -0.551 e. The van der Waals surface area contributed by atoms with Crippen LogP contribution in [0.3, 0.4) is 0 Å². The molecule has 1 aromatic heterocycles. The topological polar surface area (TPSA) is 45.5 Å². The van der Waals surface area contributed by atoms with E-state index in [1.807, 2.05) is 54.6 Å². The molecule has 0 saturated carbocycles. The van der Waals surface area contributed by atoms with Crippen LogP contribution < -0.4 is 0 Å². The Labute approximate surface area is 304 Å². The Bertz CT molecular complexity index is 1110. The maximum absolute atomic E-state index is 9.89. The first kappa shape index (κ1) is 35.5. The van der Waals surface area contributed by atoms with E-state index in [0.717, 1.165) is 22.4 Å². The van der Waals surface area contributed by atoms with Crippen LogP contribution in [0.2, 0.25) is 0 Å². The molecule has 0 bridgehead atoms. The van der Waals surface area contributed by atoms with Crippen LogP contribution >= 0.6 is 0 Å². The fraction of sp³-hybridized carbons (Fsp3) is 0. The van der Waals surface area contributed by atoms with E-state index in [1.54, 1.807) is 30.5 Å². The Kier molecular flexibility index (Phi) is 20.7. The summed E-state index contributed by atoms with van der Waals surface area (Å²) in [4.78, 5) is 8.80. The second kappa shape index (κ2) is 18.6. The van der Waals surface area contributed by atoms with E-state index in [4.69, 9.17) is 0 Å². The SMILES string of the molecule is Oc1ccccc1[C-]=Nc1[c-]cccc1-c1[c-]c(-c2ccccn2)ccc1.[Pt].[Y].[Y].[Y].[Y]. The Hall–Kier alpha value is 1.38. The number of benzene rings is 3. The summed E-state index contributed by atoms with van der Waals surface area (Å²) >= 11 is 0. The van der Waals surface area contributed by atoms with E-state index in [2.05, 4.69) is 28.3 Å². The summed E-state index contributed by atoms with van der Waals surface area (Å²) in [6.07, 6.45) is 4.67. The molecule has 8 heteroatoms. The second-order valence-corrected chi connectivity index (χ2v) is 5.87. The van der Waals surface area contributed by atoms with Crippen molar-refractivity contribution >= 4 is 11.9 Å². The summed E-state index contributed by atoms with van der Waals surface area (Å²) in [5.41, 5.74) is 4.73. The molecule has 0 unspecified atom stereocenters. The van der Waals surface area contributed by atoms with Crippen molar-refractivity contribution in [3.8, 4) is 28.1 Å². The average molecular weight is 898 g/mol. The molecule has 4 radical (unpaired) electrons. The van der Waals surface area contributed by atoms with E-state index in [1.165, 1.54) is 0 Å². The standard InChI is InChI=1S/C24H15N2O.Pt.4Y/c27-24-14-4-1-8-20(24)17-26-23-13-3-2-11-21(23)18-9-7-10-19(16-18)22-12-5-6-15-25-22;;;;;/h1-12,14-15,27H;;;;;/q-3;;;;;. The van der Waals surface area contributed by atoms with Crippen molar-refractivity contribution in [2.24, 2.45) is 4.99 Å². The molecular weight excluding hydrogens is 883 g/mol. The van der Waals surface area contributed by atoms with Gasteiger partial charge in [-0.15, -0.1) is 47.5 Å². The van der Waals surface area contributed by atoms with E-state index < -0.39 is 0 Å². The van der Waals surface area contributed by atoms with Crippen LogP contribution in [0.4, 0.5) is 5.69 Å². The minimum absolute atomic E-state index is 0. The van der Waals surface area contributed by atoms with Crippen LogP contribution in [0, 0.1) is 12.1 Å². The van der Waals surface area contributed by atoms with E-state index in [-0.39, 0.29) is 158 Å². The number of rotatable bonds is 4. The van der Waals surface area contributed by atoms with Gasteiger partial charge in [-0.1, -0.05) is 41.1 Å². The molecule has 1 N–H and O–H groups in total. The summed E-state index contributed by atoms with van der Waals surface area (Å²) in [5.74, 6) is 0.141. The van der Waals surface area contributed by atoms with Crippen molar-refractivity contribution in [1.29, 1.82) is 0 Å². The first-order chi connectivity index (χ1) is 13.3. The fourth-order valence-corrected chi connectivity index (χ4v) is 2.72. The molecule has 0 saturated heterocycles. The molecule has 1 heterocycles.